The van der Waals surface area contributed by atoms with Gasteiger partial charge in [0.15, 0.2) is 5.60 Å². The maximum absolute atomic E-state index is 11.0. The van der Waals surface area contributed by atoms with E-state index in [1.807, 2.05) is 0 Å². The summed E-state index contributed by atoms with van der Waals surface area (Å²) in [5, 5.41) is 23.0. The van der Waals surface area contributed by atoms with Crippen LogP contribution in [0.4, 0.5) is 0 Å². The van der Waals surface area contributed by atoms with Crippen LogP contribution in [0.25, 0.3) is 0 Å². The Morgan fingerprint density at radius 2 is 2.25 bits per heavy atom. The van der Waals surface area contributed by atoms with Crippen LogP contribution in [0.2, 0.25) is 0 Å². The van der Waals surface area contributed by atoms with E-state index in [0.29, 0.717) is 0 Å². The zero-order valence-electron chi connectivity index (χ0n) is 8.82. The summed E-state index contributed by atoms with van der Waals surface area (Å²) in [6.45, 7) is 1.33. The van der Waals surface area contributed by atoms with Crippen molar-refractivity contribution in [2.75, 3.05) is 6.54 Å². The van der Waals surface area contributed by atoms with Gasteiger partial charge in [0, 0.05) is 6.92 Å². The Hall–Kier alpha value is -1.63. The second-order valence-corrected chi connectivity index (χ2v) is 3.84. The molecule has 0 bridgehead atoms. The SMILES string of the molecule is CC(=O)NC(CCC1(O)CNC1=O)C(=O)O. The van der Waals surface area contributed by atoms with Gasteiger partial charge in [-0.1, -0.05) is 0 Å². The molecule has 90 valence electrons. The lowest BCUT2D eigenvalue weighted by Crippen LogP contribution is -2.65. The Morgan fingerprint density at radius 3 is 2.56 bits per heavy atom. The van der Waals surface area contributed by atoms with Crippen LogP contribution in [-0.4, -0.2) is 46.2 Å². The molecule has 0 aromatic heterocycles. The average molecular weight is 230 g/mol. The van der Waals surface area contributed by atoms with Crippen molar-refractivity contribution < 1.29 is 24.6 Å². The summed E-state index contributed by atoms with van der Waals surface area (Å²) in [7, 11) is 0. The van der Waals surface area contributed by atoms with E-state index in [0.717, 1.165) is 0 Å². The summed E-state index contributed by atoms with van der Waals surface area (Å²) in [6, 6.07) is -1.07. The third-order valence-electron chi connectivity index (χ3n) is 2.49. The molecular formula is C9H14N2O5. The number of hydrogen-bond donors (Lipinski definition) is 4. The highest BCUT2D eigenvalue weighted by Gasteiger charge is 2.44. The van der Waals surface area contributed by atoms with Gasteiger partial charge >= 0.3 is 5.97 Å². The molecule has 2 unspecified atom stereocenters. The van der Waals surface area contributed by atoms with E-state index in [4.69, 9.17) is 5.11 Å². The molecule has 0 aliphatic carbocycles. The van der Waals surface area contributed by atoms with Crippen molar-refractivity contribution in [2.24, 2.45) is 0 Å². The van der Waals surface area contributed by atoms with E-state index in [2.05, 4.69) is 10.6 Å². The first-order valence-corrected chi connectivity index (χ1v) is 4.86. The number of carboxylic acids is 1. The summed E-state index contributed by atoms with van der Waals surface area (Å²) >= 11 is 0. The molecular weight excluding hydrogens is 216 g/mol. The number of β-lactam (4-membered cyclic amide) rings is 1. The molecule has 4 N–H and O–H groups in total. The van der Waals surface area contributed by atoms with E-state index in [9.17, 15) is 19.5 Å². The number of rotatable bonds is 5. The van der Waals surface area contributed by atoms with Crippen LogP contribution in [0.5, 0.6) is 0 Å². The lowest BCUT2D eigenvalue weighted by Gasteiger charge is -2.36. The lowest BCUT2D eigenvalue weighted by atomic mass is 9.88. The van der Waals surface area contributed by atoms with E-state index >= 15 is 0 Å². The first-order chi connectivity index (χ1) is 7.35. The number of carbonyl (C=O) groups excluding carboxylic acids is 2. The van der Waals surface area contributed by atoms with Gasteiger partial charge in [0.2, 0.25) is 5.91 Å². The fraction of sp³-hybridized carbons (Fsp3) is 0.667. The summed E-state index contributed by atoms with van der Waals surface area (Å²) in [4.78, 5) is 32.4. The molecule has 2 atom stereocenters. The van der Waals surface area contributed by atoms with E-state index in [1.165, 1.54) is 6.92 Å². The molecule has 7 nitrogen and oxygen atoms in total. The van der Waals surface area contributed by atoms with Crippen LogP contribution in [0.15, 0.2) is 0 Å². The van der Waals surface area contributed by atoms with Crippen LogP contribution in [0.3, 0.4) is 0 Å². The van der Waals surface area contributed by atoms with Gasteiger partial charge in [0.1, 0.15) is 6.04 Å². The molecule has 0 aromatic rings. The van der Waals surface area contributed by atoms with Crippen LogP contribution in [-0.2, 0) is 14.4 Å². The van der Waals surface area contributed by atoms with Crippen molar-refractivity contribution in [1.29, 1.82) is 0 Å². The number of amides is 2. The van der Waals surface area contributed by atoms with Crippen LogP contribution in [0.1, 0.15) is 19.8 Å². The topological polar surface area (TPSA) is 116 Å². The van der Waals surface area contributed by atoms with Gasteiger partial charge in [-0.2, -0.15) is 0 Å². The number of carboxylic acid groups (broad SMARTS) is 1. The summed E-state index contributed by atoms with van der Waals surface area (Å²) in [5.74, 6) is -2.14. The van der Waals surface area contributed by atoms with Gasteiger partial charge in [-0.15, -0.1) is 0 Å². The smallest absolute Gasteiger partial charge is 0.326 e. The Bertz CT molecular complexity index is 330. The Balaban J connectivity index is 2.47. The summed E-state index contributed by atoms with van der Waals surface area (Å²) in [5.41, 5.74) is -1.48. The van der Waals surface area contributed by atoms with Crippen molar-refractivity contribution in [3.63, 3.8) is 0 Å². The monoisotopic (exact) mass is 230 g/mol. The number of aliphatic hydroxyl groups is 1. The third-order valence-corrected chi connectivity index (χ3v) is 2.49. The van der Waals surface area contributed by atoms with Crippen molar-refractivity contribution in [1.82, 2.24) is 10.6 Å². The highest BCUT2D eigenvalue weighted by molar-refractivity contribution is 5.91. The zero-order valence-corrected chi connectivity index (χ0v) is 8.82. The molecule has 1 saturated heterocycles. The molecule has 1 rings (SSSR count). The van der Waals surface area contributed by atoms with Gasteiger partial charge in [-0.25, -0.2) is 4.79 Å². The standard InChI is InChI=1S/C9H14N2O5/c1-5(12)11-6(7(13)14)2-3-9(16)4-10-8(9)15/h6,16H,2-4H2,1H3,(H,10,15)(H,11,12)(H,13,14). The minimum Gasteiger partial charge on any atom is -0.480 e. The minimum absolute atomic E-state index is 0.0100. The Kier molecular flexibility index (Phi) is 3.48. The van der Waals surface area contributed by atoms with Crippen LogP contribution in [0, 0.1) is 0 Å². The molecule has 1 aliphatic heterocycles. The minimum atomic E-state index is -1.48. The fourth-order valence-electron chi connectivity index (χ4n) is 1.45. The molecule has 0 saturated carbocycles. The molecule has 16 heavy (non-hydrogen) atoms. The van der Waals surface area contributed by atoms with Crippen LogP contribution >= 0.6 is 0 Å². The number of nitrogens with one attached hydrogen (secondary N) is 2. The molecule has 1 heterocycles. The van der Waals surface area contributed by atoms with Gasteiger partial charge in [0.25, 0.3) is 5.91 Å². The zero-order chi connectivity index (χ0) is 12.3. The molecule has 1 aliphatic rings. The predicted molar refractivity (Wildman–Crippen MR) is 52.4 cm³/mol. The van der Waals surface area contributed by atoms with E-state index in [-0.39, 0.29) is 19.4 Å². The first-order valence-electron chi connectivity index (χ1n) is 4.86. The van der Waals surface area contributed by atoms with Crippen molar-refractivity contribution in [2.45, 2.75) is 31.4 Å². The number of hydrogen-bond acceptors (Lipinski definition) is 4. The molecule has 0 radical (unpaired) electrons. The van der Waals surface area contributed by atoms with Crippen LogP contribution < -0.4 is 10.6 Å². The highest BCUT2D eigenvalue weighted by atomic mass is 16.4. The van der Waals surface area contributed by atoms with Gasteiger partial charge < -0.3 is 20.8 Å². The van der Waals surface area contributed by atoms with Crippen molar-refractivity contribution in [3.05, 3.63) is 0 Å². The van der Waals surface area contributed by atoms with Crippen molar-refractivity contribution in [3.8, 4) is 0 Å². The highest BCUT2D eigenvalue weighted by Crippen LogP contribution is 2.20. The van der Waals surface area contributed by atoms with Gasteiger partial charge in [-0.3, -0.25) is 9.59 Å². The Morgan fingerprint density at radius 1 is 1.62 bits per heavy atom. The van der Waals surface area contributed by atoms with Gasteiger partial charge in [-0.05, 0) is 12.8 Å². The lowest BCUT2D eigenvalue weighted by molar-refractivity contribution is -0.154. The molecule has 0 spiro atoms. The first kappa shape index (κ1) is 12.4. The fourth-order valence-corrected chi connectivity index (χ4v) is 1.45. The molecule has 7 heteroatoms. The van der Waals surface area contributed by atoms with Crippen molar-refractivity contribution >= 4 is 17.8 Å². The normalized spacial score (nSPS) is 25.2. The maximum Gasteiger partial charge on any atom is 0.326 e. The molecule has 2 amide bonds. The molecule has 0 aromatic carbocycles. The largest absolute Gasteiger partial charge is 0.480 e. The quantitative estimate of drug-likeness (QED) is 0.416. The van der Waals surface area contributed by atoms with E-state index in [1.54, 1.807) is 0 Å². The van der Waals surface area contributed by atoms with E-state index < -0.39 is 29.4 Å². The predicted octanol–water partition coefficient (Wildman–Crippen LogP) is -1.78. The number of β-amino-alcohol motifs (C(OH)–C–C–N with tert-alkyl or cyclic N) is 1. The Labute approximate surface area is 91.8 Å². The summed E-state index contributed by atoms with van der Waals surface area (Å²) < 4.78 is 0. The van der Waals surface area contributed by atoms with Gasteiger partial charge in [0.05, 0.1) is 6.54 Å². The maximum atomic E-state index is 11.0. The second-order valence-electron chi connectivity index (χ2n) is 3.84. The summed E-state index contributed by atoms with van der Waals surface area (Å²) in [6.07, 6.45) is 0.0227. The second kappa shape index (κ2) is 4.48. The number of aliphatic carboxylic acids is 1. The average Bonchev–Trinajstić information content (AvgIpc) is 2.20. The molecule has 1 fully saturated rings. The number of carbonyl (C=O) groups is 3. The third kappa shape index (κ3) is 2.69.